The maximum Gasteiger partial charge on any atom is 0.258 e. The van der Waals surface area contributed by atoms with Crippen LogP contribution in [0.3, 0.4) is 0 Å². The maximum absolute atomic E-state index is 11.4. The third kappa shape index (κ3) is 4.52. The zero-order valence-electron chi connectivity index (χ0n) is 10.0. The average Bonchev–Trinajstić information content (AvgIpc) is 2.35. The van der Waals surface area contributed by atoms with Crippen molar-refractivity contribution in [2.45, 2.75) is 13.0 Å². The van der Waals surface area contributed by atoms with Gasteiger partial charge in [0.15, 0.2) is 6.61 Å². The molecule has 0 aliphatic carbocycles. The second kappa shape index (κ2) is 7.20. The number of halogens is 1. The van der Waals surface area contributed by atoms with Gasteiger partial charge < -0.3 is 20.3 Å². The summed E-state index contributed by atoms with van der Waals surface area (Å²) in [5.74, 6) is 0.163. The third-order valence-electron chi connectivity index (χ3n) is 2.30. The van der Waals surface area contributed by atoms with Crippen molar-refractivity contribution in [1.82, 2.24) is 5.32 Å². The predicted octanol–water partition coefficient (Wildman–Crippen LogP) is 0.497. The van der Waals surface area contributed by atoms with Crippen LogP contribution in [-0.2, 0) is 4.79 Å². The van der Waals surface area contributed by atoms with Crippen LogP contribution in [0, 0.1) is 6.92 Å². The minimum absolute atomic E-state index is 0.182. The van der Waals surface area contributed by atoms with E-state index in [4.69, 9.17) is 26.6 Å². The van der Waals surface area contributed by atoms with Gasteiger partial charge in [0.1, 0.15) is 5.75 Å². The minimum Gasteiger partial charge on any atom is -0.484 e. The molecule has 1 aromatic carbocycles. The highest BCUT2D eigenvalue weighted by Crippen LogP contribution is 2.21. The van der Waals surface area contributed by atoms with E-state index >= 15 is 0 Å². The first-order valence-electron chi connectivity index (χ1n) is 5.47. The molecule has 1 aromatic rings. The van der Waals surface area contributed by atoms with Crippen molar-refractivity contribution in [3.05, 3.63) is 28.8 Å². The Balaban J connectivity index is 2.47. The highest BCUT2D eigenvalue weighted by Gasteiger charge is 2.11. The molecule has 0 bridgehead atoms. The summed E-state index contributed by atoms with van der Waals surface area (Å²) < 4.78 is 5.31. The highest BCUT2D eigenvalue weighted by atomic mass is 35.5. The van der Waals surface area contributed by atoms with Crippen LogP contribution in [0.2, 0.25) is 5.02 Å². The Bertz CT molecular complexity index is 407. The average molecular weight is 274 g/mol. The summed E-state index contributed by atoms with van der Waals surface area (Å²) in [6.45, 7) is 1.01. The number of hydrogen-bond acceptors (Lipinski definition) is 4. The second-order valence-electron chi connectivity index (χ2n) is 3.83. The normalized spacial score (nSPS) is 10.5. The Hall–Kier alpha value is -1.30. The van der Waals surface area contributed by atoms with Crippen LogP contribution in [0.1, 0.15) is 5.56 Å². The lowest BCUT2D eigenvalue weighted by Gasteiger charge is -2.14. The van der Waals surface area contributed by atoms with Crippen LogP contribution >= 0.6 is 11.6 Å². The monoisotopic (exact) mass is 273 g/mol. The molecule has 0 spiro atoms. The lowest BCUT2D eigenvalue weighted by atomic mass is 10.2. The summed E-state index contributed by atoms with van der Waals surface area (Å²) in [6, 6.07) is 4.43. The Kier molecular flexibility index (Phi) is 5.91. The number of carbonyl (C=O) groups is 1. The first-order valence-corrected chi connectivity index (χ1v) is 5.84. The number of rotatable bonds is 6. The molecule has 0 saturated heterocycles. The fraction of sp³-hybridized carbons (Fsp3) is 0.417. The number of benzene rings is 1. The zero-order chi connectivity index (χ0) is 13.5. The molecule has 6 heteroatoms. The van der Waals surface area contributed by atoms with Crippen LogP contribution in [-0.4, -0.2) is 42.0 Å². The van der Waals surface area contributed by atoms with E-state index in [1.54, 1.807) is 18.2 Å². The molecule has 0 aliphatic heterocycles. The maximum atomic E-state index is 11.4. The van der Waals surface area contributed by atoms with Crippen LogP contribution in [0.4, 0.5) is 0 Å². The smallest absolute Gasteiger partial charge is 0.258 e. The van der Waals surface area contributed by atoms with Gasteiger partial charge in [0, 0.05) is 5.02 Å². The van der Waals surface area contributed by atoms with Crippen molar-refractivity contribution in [1.29, 1.82) is 0 Å². The Morgan fingerprint density at radius 2 is 2.11 bits per heavy atom. The van der Waals surface area contributed by atoms with Crippen molar-refractivity contribution < 1.29 is 19.7 Å². The van der Waals surface area contributed by atoms with Crippen LogP contribution in [0.5, 0.6) is 5.75 Å². The summed E-state index contributed by atoms with van der Waals surface area (Å²) >= 11 is 5.80. The number of nitrogens with one attached hydrogen (secondary N) is 1. The van der Waals surface area contributed by atoms with Gasteiger partial charge in [0.25, 0.3) is 5.91 Å². The largest absolute Gasteiger partial charge is 0.484 e. The number of aryl methyl sites for hydroxylation is 1. The fourth-order valence-electron chi connectivity index (χ4n) is 1.34. The van der Waals surface area contributed by atoms with Crippen molar-refractivity contribution in [3.63, 3.8) is 0 Å². The highest BCUT2D eigenvalue weighted by molar-refractivity contribution is 6.30. The molecule has 0 unspecified atom stereocenters. The topological polar surface area (TPSA) is 78.8 Å². The molecule has 18 heavy (non-hydrogen) atoms. The molecule has 1 amide bonds. The molecule has 0 heterocycles. The van der Waals surface area contributed by atoms with Gasteiger partial charge in [-0.2, -0.15) is 0 Å². The van der Waals surface area contributed by atoms with Crippen LogP contribution < -0.4 is 10.1 Å². The Labute approximate surface area is 110 Å². The number of aliphatic hydroxyl groups excluding tert-OH is 2. The number of amides is 1. The summed E-state index contributed by atoms with van der Waals surface area (Å²) in [6.07, 6.45) is 0. The molecule has 100 valence electrons. The summed E-state index contributed by atoms with van der Waals surface area (Å²) in [5.41, 5.74) is 0.830. The lowest BCUT2D eigenvalue weighted by Crippen LogP contribution is -2.42. The summed E-state index contributed by atoms with van der Waals surface area (Å²) in [4.78, 5) is 11.4. The van der Waals surface area contributed by atoms with E-state index in [0.717, 1.165) is 5.56 Å². The summed E-state index contributed by atoms with van der Waals surface area (Å²) in [7, 11) is 0. The van der Waals surface area contributed by atoms with Crippen molar-refractivity contribution in [2.75, 3.05) is 19.8 Å². The molecule has 0 aromatic heterocycles. The third-order valence-corrected chi connectivity index (χ3v) is 2.54. The van der Waals surface area contributed by atoms with E-state index in [2.05, 4.69) is 5.32 Å². The molecule has 0 radical (unpaired) electrons. The molecule has 3 N–H and O–H groups in total. The fourth-order valence-corrected chi connectivity index (χ4v) is 1.56. The number of carbonyl (C=O) groups excluding carboxylic acids is 1. The molecule has 0 fully saturated rings. The predicted molar refractivity (Wildman–Crippen MR) is 67.8 cm³/mol. The zero-order valence-corrected chi connectivity index (χ0v) is 10.8. The van der Waals surface area contributed by atoms with Gasteiger partial charge in [-0.25, -0.2) is 0 Å². The molecule has 0 saturated carbocycles. The SMILES string of the molecule is Cc1cc(Cl)ccc1OCC(=O)NC(CO)CO. The Morgan fingerprint density at radius 3 is 2.67 bits per heavy atom. The first kappa shape index (κ1) is 14.8. The van der Waals surface area contributed by atoms with Gasteiger partial charge in [-0.3, -0.25) is 4.79 Å². The van der Waals surface area contributed by atoms with E-state index in [9.17, 15) is 4.79 Å². The van der Waals surface area contributed by atoms with Gasteiger partial charge >= 0.3 is 0 Å². The van der Waals surface area contributed by atoms with Gasteiger partial charge in [0.05, 0.1) is 19.3 Å². The van der Waals surface area contributed by atoms with Gasteiger partial charge in [0.2, 0.25) is 0 Å². The molecular formula is C12H16ClNO4. The van der Waals surface area contributed by atoms with E-state index in [1.165, 1.54) is 0 Å². The lowest BCUT2D eigenvalue weighted by molar-refractivity contribution is -0.124. The molecule has 0 aliphatic rings. The number of hydrogen-bond donors (Lipinski definition) is 3. The van der Waals surface area contributed by atoms with Crippen molar-refractivity contribution >= 4 is 17.5 Å². The van der Waals surface area contributed by atoms with Gasteiger partial charge in [-0.1, -0.05) is 11.6 Å². The van der Waals surface area contributed by atoms with Gasteiger partial charge in [-0.05, 0) is 30.7 Å². The van der Waals surface area contributed by atoms with Crippen LogP contribution in [0.25, 0.3) is 0 Å². The molecule has 1 rings (SSSR count). The van der Waals surface area contributed by atoms with E-state index in [0.29, 0.717) is 10.8 Å². The quantitative estimate of drug-likeness (QED) is 0.705. The van der Waals surface area contributed by atoms with Gasteiger partial charge in [-0.15, -0.1) is 0 Å². The number of ether oxygens (including phenoxy) is 1. The Morgan fingerprint density at radius 1 is 1.44 bits per heavy atom. The van der Waals surface area contributed by atoms with E-state index < -0.39 is 11.9 Å². The molecule has 5 nitrogen and oxygen atoms in total. The van der Waals surface area contributed by atoms with Crippen molar-refractivity contribution in [2.24, 2.45) is 0 Å². The number of aliphatic hydroxyl groups is 2. The van der Waals surface area contributed by atoms with Crippen LogP contribution in [0.15, 0.2) is 18.2 Å². The first-order chi connectivity index (χ1) is 8.56. The van der Waals surface area contributed by atoms with E-state index in [-0.39, 0.29) is 19.8 Å². The standard InChI is InChI=1S/C12H16ClNO4/c1-8-4-9(13)2-3-11(8)18-7-12(17)14-10(5-15)6-16/h2-4,10,15-16H,5-7H2,1H3,(H,14,17). The molecular weight excluding hydrogens is 258 g/mol. The minimum atomic E-state index is -0.660. The van der Waals surface area contributed by atoms with Crippen molar-refractivity contribution in [3.8, 4) is 5.75 Å². The molecule has 0 atom stereocenters. The van der Waals surface area contributed by atoms with E-state index in [1.807, 2.05) is 6.92 Å². The second-order valence-corrected chi connectivity index (χ2v) is 4.26. The summed E-state index contributed by atoms with van der Waals surface area (Å²) in [5, 5.41) is 20.6.